The van der Waals surface area contributed by atoms with Crippen LogP contribution in [0.15, 0.2) is 180 Å². The molecule has 2 aliphatic heterocycles. The van der Waals surface area contributed by atoms with Crippen LogP contribution >= 0.6 is 11.8 Å². The number of benzene rings is 8. The molecule has 0 fully saturated rings. The van der Waals surface area contributed by atoms with Crippen LogP contribution in [0.3, 0.4) is 0 Å². The van der Waals surface area contributed by atoms with Crippen LogP contribution in [0.4, 0.5) is 0 Å². The second-order valence-corrected chi connectivity index (χ2v) is 17.1. The van der Waals surface area contributed by atoms with E-state index in [0.29, 0.717) is 0 Å². The van der Waals surface area contributed by atoms with Gasteiger partial charge in [-0.1, -0.05) is 153 Å². The van der Waals surface area contributed by atoms with Crippen LogP contribution < -0.4 is 0 Å². The van der Waals surface area contributed by atoms with E-state index in [9.17, 15) is 0 Å². The Bertz CT molecular complexity index is 3340. The van der Waals surface area contributed by atoms with Gasteiger partial charge in [0.2, 0.25) is 0 Å². The van der Waals surface area contributed by atoms with Crippen LogP contribution in [0, 0.1) is 0 Å². The molecular formula is C52H34N2S. The molecule has 0 N–H and O–H groups in total. The van der Waals surface area contributed by atoms with Crippen LogP contribution in [0.2, 0.25) is 0 Å². The minimum absolute atomic E-state index is 0.0797. The van der Waals surface area contributed by atoms with Gasteiger partial charge in [0.05, 0.1) is 33.2 Å². The summed E-state index contributed by atoms with van der Waals surface area (Å²) in [5.41, 5.74) is 17.8. The summed E-state index contributed by atoms with van der Waals surface area (Å²) in [6.45, 7) is 4.75. The Kier molecular flexibility index (Phi) is 5.61. The van der Waals surface area contributed by atoms with Gasteiger partial charge in [-0.15, -0.1) is 0 Å². The SMILES string of the molecule is CC1(C)c2ccccc2-c2ccc(-n3c4ccccc4c4c5c(ccc43)C3(c4ccccc4S5)c4ccccc4-n4c5ccccc5c5cccc3c54)cc21. The average molecular weight is 719 g/mol. The normalized spacial score (nSPS) is 17.1. The Morgan fingerprint density at radius 2 is 1.09 bits per heavy atom. The predicted octanol–water partition coefficient (Wildman–Crippen LogP) is 13.3. The lowest BCUT2D eigenvalue weighted by Gasteiger charge is -2.45. The molecular weight excluding hydrogens is 685 g/mol. The Balaban J connectivity index is 1.16. The van der Waals surface area contributed by atoms with E-state index in [-0.39, 0.29) is 5.41 Å². The lowest BCUT2D eigenvalue weighted by Crippen LogP contribution is -2.37. The van der Waals surface area contributed by atoms with E-state index < -0.39 is 5.41 Å². The molecule has 2 aromatic heterocycles. The molecule has 2 nitrogen and oxygen atoms in total. The third-order valence-electron chi connectivity index (χ3n) is 13.2. The molecule has 0 radical (unpaired) electrons. The number of fused-ring (bicyclic) bond motifs is 18. The van der Waals surface area contributed by atoms with E-state index in [2.05, 4.69) is 193 Å². The number of aromatic nitrogens is 2. The number of rotatable bonds is 1. The Labute approximate surface area is 323 Å². The number of hydrogen-bond donors (Lipinski definition) is 0. The molecule has 1 aliphatic carbocycles. The van der Waals surface area contributed by atoms with Crippen molar-refractivity contribution in [2.75, 3.05) is 0 Å². The van der Waals surface area contributed by atoms with Gasteiger partial charge in [-0.05, 0) is 87.0 Å². The predicted molar refractivity (Wildman–Crippen MR) is 229 cm³/mol. The van der Waals surface area contributed by atoms with Crippen molar-refractivity contribution < 1.29 is 0 Å². The zero-order valence-corrected chi connectivity index (χ0v) is 31.3. The maximum atomic E-state index is 2.53. The Morgan fingerprint density at radius 1 is 0.436 bits per heavy atom. The summed E-state index contributed by atoms with van der Waals surface area (Å²) in [7, 11) is 0. The van der Waals surface area contributed by atoms with Crippen molar-refractivity contribution in [3.8, 4) is 22.5 Å². The highest BCUT2D eigenvalue weighted by molar-refractivity contribution is 7.99. The Morgan fingerprint density at radius 3 is 1.96 bits per heavy atom. The fraction of sp³-hybridized carbons (Fsp3) is 0.0769. The fourth-order valence-corrected chi connectivity index (χ4v) is 12.3. The van der Waals surface area contributed by atoms with Gasteiger partial charge in [0.25, 0.3) is 0 Å². The maximum absolute atomic E-state index is 2.53. The minimum atomic E-state index is -0.515. The summed E-state index contributed by atoms with van der Waals surface area (Å²) >= 11 is 1.94. The zero-order chi connectivity index (χ0) is 36.2. The number of nitrogens with zero attached hydrogens (tertiary/aromatic N) is 2. The van der Waals surface area contributed by atoms with Crippen LogP contribution in [0.25, 0.3) is 66.1 Å². The molecule has 0 saturated carbocycles. The first-order valence-corrected chi connectivity index (χ1v) is 20.1. The van der Waals surface area contributed by atoms with Crippen molar-refractivity contribution in [2.45, 2.75) is 34.5 Å². The summed E-state index contributed by atoms with van der Waals surface area (Å²) in [6, 6.07) is 64.3. The molecule has 0 bridgehead atoms. The smallest absolute Gasteiger partial charge is 0.0764 e. The van der Waals surface area contributed by atoms with E-state index in [1.165, 1.54) is 109 Å². The average Bonchev–Trinajstić information content (AvgIpc) is 3.83. The van der Waals surface area contributed by atoms with Crippen molar-refractivity contribution in [3.05, 3.63) is 203 Å². The summed E-state index contributed by atoms with van der Waals surface area (Å²) in [4.78, 5) is 2.66. The minimum Gasteiger partial charge on any atom is -0.309 e. The van der Waals surface area contributed by atoms with Gasteiger partial charge in [0.1, 0.15) is 0 Å². The molecule has 3 aliphatic rings. The van der Waals surface area contributed by atoms with Gasteiger partial charge in [-0.2, -0.15) is 0 Å². The van der Waals surface area contributed by atoms with Gasteiger partial charge in [-0.25, -0.2) is 0 Å². The zero-order valence-electron chi connectivity index (χ0n) is 30.5. The van der Waals surface area contributed by atoms with Crippen molar-refractivity contribution in [3.63, 3.8) is 0 Å². The third kappa shape index (κ3) is 3.50. The molecule has 13 rings (SSSR count). The van der Waals surface area contributed by atoms with Crippen molar-refractivity contribution >= 4 is 55.4 Å². The molecule has 3 heteroatoms. The summed E-state index contributed by atoms with van der Waals surface area (Å²) in [5, 5.41) is 5.21. The first-order valence-electron chi connectivity index (χ1n) is 19.3. The lowest BCUT2D eigenvalue weighted by atomic mass is 9.62. The van der Waals surface area contributed by atoms with E-state index in [1.54, 1.807) is 0 Å². The molecule has 55 heavy (non-hydrogen) atoms. The van der Waals surface area contributed by atoms with Crippen LogP contribution in [0.1, 0.15) is 47.2 Å². The first-order chi connectivity index (χ1) is 27.1. The second kappa shape index (κ2) is 10.3. The molecule has 4 heterocycles. The van der Waals surface area contributed by atoms with E-state index in [0.717, 1.165) is 0 Å². The molecule has 1 spiro atoms. The van der Waals surface area contributed by atoms with E-state index >= 15 is 0 Å². The van der Waals surface area contributed by atoms with Gasteiger partial charge in [-0.3, -0.25) is 0 Å². The highest BCUT2D eigenvalue weighted by atomic mass is 32.2. The highest BCUT2D eigenvalue weighted by Gasteiger charge is 2.50. The standard InChI is InChI=1S/C52H34N2S/c1-51(2)37-18-6-3-14-32(37)33-27-26-31(30-42(33)51)53-44-23-10-5-16-36(44)48-46(53)29-28-41-50(48)55-47-25-12-8-20-39(47)52(41)38-19-7-11-24-45(38)54-43-22-9-4-15-34(43)35-17-13-21-40(52)49(35)54/h3-30H,1-2H3. The van der Waals surface area contributed by atoms with Gasteiger partial charge in [0.15, 0.2) is 0 Å². The lowest BCUT2D eigenvalue weighted by molar-refractivity contribution is 0.660. The van der Waals surface area contributed by atoms with Crippen LogP contribution in [-0.2, 0) is 10.8 Å². The molecule has 0 amide bonds. The van der Waals surface area contributed by atoms with Crippen molar-refractivity contribution in [1.82, 2.24) is 9.13 Å². The largest absolute Gasteiger partial charge is 0.309 e. The molecule has 1 atom stereocenters. The van der Waals surface area contributed by atoms with Gasteiger partial charge >= 0.3 is 0 Å². The quantitative estimate of drug-likeness (QED) is 0.164. The molecule has 0 saturated heterocycles. The molecule has 258 valence electrons. The van der Waals surface area contributed by atoms with Gasteiger partial charge < -0.3 is 9.13 Å². The van der Waals surface area contributed by atoms with Crippen LogP contribution in [-0.4, -0.2) is 9.13 Å². The number of para-hydroxylation sites is 4. The first kappa shape index (κ1) is 30.1. The Hall–Kier alpha value is -6.29. The maximum Gasteiger partial charge on any atom is 0.0764 e. The van der Waals surface area contributed by atoms with E-state index in [1.807, 2.05) is 11.8 Å². The number of hydrogen-bond acceptors (Lipinski definition) is 1. The second-order valence-electron chi connectivity index (χ2n) is 16.0. The summed E-state index contributed by atoms with van der Waals surface area (Å²) in [5.74, 6) is 0. The van der Waals surface area contributed by atoms with Crippen LogP contribution in [0.5, 0.6) is 0 Å². The summed E-state index contributed by atoms with van der Waals surface area (Å²) < 4.78 is 5.05. The molecule has 1 unspecified atom stereocenters. The van der Waals surface area contributed by atoms with Crippen molar-refractivity contribution in [2.24, 2.45) is 0 Å². The van der Waals surface area contributed by atoms with E-state index in [4.69, 9.17) is 0 Å². The third-order valence-corrected chi connectivity index (χ3v) is 14.4. The van der Waals surface area contributed by atoms with Crippen molar-refractivity contribution in [1.29, 1.82) is 0 Å². The monoisotopic (exact) mass is 718 g/mol. The summed E-state index contributed by atoms with van der Waals surface area (Å²) in [6.07, 6.45) is 0. The topological polar surface area (TPSA) is 9.86 Å². The fourth-order valence-electron chi connectivity index (χ4n) is 10.9. The van der Waals surface area contributed by atoms with Gasteiger partial charge in [0, 0.05) is 42.4 Å². The molecule has 10 aromatic rings. The molecule has 8 aromatic carbocycles. The highest BCUT2D eigenvalue weighted by Crippen LogP contribution is 2.62.